The molecular formula is C13H24N2S2. The van der Waals surface area contributed by atoms with E-state index in [1.54, 1.807) is 0 Å². The van der Waals surface area contributed by atoms with Crippen molar-refractivity contribution in [3.63, 3.8) is 0 Å². The van der Waals surface area contributed by atoms with Crippen LogP contribution in [0.15, 0.2) is 4.99 Å². The minimum Gasteiger partial charge on any atom is -0.359 e. The molecule has 0 aromatic rings. The summed E-state index contributed by atoms with van der Waals surface area (Å²) in [5, 5.41) is 4.93. The Morgan fingerprint density at radius 3 is 2.88 bits per heavy atom. The van der Waals surface area contributed by atoms with Gasteiger partial charge in [-0.1, -0.05) is 31.0 Å². The molecule has 0 aromatic carbocycles. The molecule has 98 valence electrons. The second-order valence-corrected chi connectivity index (χ2v) is 7.27. The Morgan fingerprint density at radius 2 is 2.18 bits per heavy atom. The van der Waals surface area contributed by atoms with Gasteiger partial charge in [0, 0.05) is 11.3 Å². The molecule has 1 saturated heterocycles. The highest BCUT2D eigenvalue weighted by Gasteiger charge is 2.38. The number of nitrogens with zero attached hydrogens (tertiary/aromatic N) is 1. The first-order valence-electron chi connectivity index (χ1n) is 6.72. The molecule has 1 atom stereocenters. The lowest BCUT2D eigenvalue weighted by molar-refractivity contribution is 0.303. The van der Waals surface area contributed by atoms with Gasteiger partial charge in [0.05, 0.1) is 6.04 Å². The van der Waals surface area contributed by atoms with Crippen molar-refractivity contribution in [1.29, 1.82) is 0 Å². The van der Waals surface area contributed by atoms with Gasteiger partial charge in [0.1, 0.15) is 0 Å². The van der Waals surface area contributed by atoms with E-state index in [1.165, 1.54) is 55.2 Å². The van der Waals surface area contributed by atoms with Crippen molar-refractivity contribution in [2.45, 2.75) is 57.0 Å². The van der Waals surface area contributed by atoms with E-state index in [0.717, 1.165) is 0 Å². The van der Waals surface area contributed by atoms with Crippen molar-refractivity contribution in [3.05, 3.63) is 0 Å². The number of amidine groups is 1. The molecule has 17 heavy (non-hydrogen) atoms. The summed E-state index contributed by atoms with van der Waals surface area (Å²) in [5.74, 6) is 2.45. The molecule has 1 spiro atoms. The summed E-state index contributed by atoms with van der Waals surface area (Å²) in [7, 11) is 0. The number of hydrogen-bond acceptors (Lipinski definition) is 3. The fourth-order valence-electron chi connectivity index (χ4n) is 2.63. The van der Waals surface area contributed by atoms with Crippen molar-refractivity contribution < 1.29 is 0 Å². The molecule has 0 radical (unpaired) electrons. The van der Waals surface area contributed by atoms with Crippen LogP contribution in [-0.2, 0) is 0 Å². The second kappa shape index (κ2) is 6.37. The predicted octanol–water partition coefficient (Wildman–Crippen LogP) is 3.52. The van der Waals surface area contributed by atoms with Crippen LogP contribution in [0.3, 0.4) is 0 Å². The highest BCUT2D eigenvalue weighted by Crippen LogP contribution is 2.36. The molecule has 0 bridgehead atoms. The molecule has 0 aromatic heterocycles. The standard InChI is InChI=1S/C13H24N2S2/c1-11(6-9-16-2)14-12-15-13(10-17-12)7-4-3-5-8-13/h11H,3-10H2,1-2H3,(H,14,15). The molecule has 2 nitrogen and oxygen atoms in total. The van der Waals surface area contributed by atoms with Crippen molar-refractivity contribution >= 4 is 28.7 Å². The van der Waals surface area contributed by atoms with E-state index < -0.39 is 0 Å². The predicted molar refractivity (Wildman–Crippen MR) is 81.3 cm³/mol. The largest absolute Gasteiger partial charge is 0.359 e. The van der Waals surface area contributed by atoms with E-state index in [-0.39, 0.29) is 0 Å². The van der Waals surface area contributed by atoms with Gasteiger partial charge in [-0.3, -0.25) is 4.99 Å². The van der Waals surface area contributed by atoms with E-state index in [1.807, 2.05) is 23.5 Å². The Kier molecular flexibility index (Phi) is 5.10. The first kappa shape index (κ1) is 13.6. The maximum atomic E-state index is 4.82. The lowest BCUT2D eigenvalue weighted by Gasteiger charge is -2.32. The molecule has 2 rings (SSSR count). The van der Waals surface area contributed by atoms with Gasteiger partial charge in [-0.25, -0.2) is 0 Å². The number of rotatable bonds is 4. The van der Waals surface area contributed by atoms with E-state index in [9.17, 15) is 0 Å². The Hall–Kier alpha value is 0.170. The minimum atomic E-state index is 0.404. The second-order valence-electron chi connectivity index (χ2n) is 5.32. The molecule has 2 fully saturated rings. The third-order valence-corrected chi connectivity index (χ3v) is 5.57. The van der Waals surface area contributed by atoms with Crippen molar-refractivity contribution in [3.8, 4) is 0 Å². The van der Waals surface area contributed by atoms with Gasteiger partial charge in [-0.15, -0.1) is 0 Å². The first-order valence-corrected chi connectivity index (χ1v) is 9.10. The van der Waals surface area contributed by atoms with E-state index in [4.69, 9.17) is 4.99 Å². The van der Waals surface area contributed by atoms with Gasteiger partial charge < -0.3 is 5.32 Å². The Morgan fingerprint density at radius 1 is 1.41 bits per heavy atom. The number of hydrogen-bond donors (Lipinski definition) is 1. The number of aliphatic imine (C=N–C) groups is 1. The normalized spacial score (nSPS) is 27.3. The highest BCUT2D eigenvalue weighted by molar-refractivity contribution is 8.14. The average molecular weight is 272 g/mol. The Balaban J connectivity index is 1.85. The summed E-state index contributed by atoms with van der Waals surface area (Å²) in [5.41, 5.74) is 0.404. The lowest BCUT2D eigenvalue weighted by atomic mass is 9.83. The maximum Gasteiger partial charge on any atom is 0.157 e. The van der Waals surface area contributed by atoms with Crippen LogP contribution in [0.25, 0.3) is 0 Å². The fourth-order valence-corrected chi connectivity index (χ4v) is 4.52. The lowest BCUT2D eigenvalue weighted by Crippen LogP contribution is -2.45. The Bertz CT molecular complexity index is 273. The van der Waals surface area contributed by atoms with Crippen LogP contribution >= 0.6 is 23.5 Å². The third-order valence-electron chi connectivity index (χ3n) is 3.75. The Labute approximate surface area is 114 Å². The molecular weight excluding hydrogens is 248 g/mol. The van der Waals surface area contributed by atoms with Crippen LogP contribution in [0.2, 0.25) is 0 Å². The van der Waals surface area contributed by atoms with Gasteiger partial charge in [-0.2, -0.15) is 11.8 Å². The number of thioether (sulfide) groups is 2. The van der Waals surface area contributed by atoms with Crippen molar-refractivity contribution in [2.75, 3.05) is 17.8 Å². The summed E-state index contributed by atoms with van der Waals surface area (Å²) in [4.78, 5) is 4.82. The van der Waals surface area contributed by atoms with Crippen LogP contribution < -0.4 is 5.32 Å². The van der Waals surface area contributed by atoms with Gasteiger partial charge in [-0.05, 0) is 38.2 Å². The molecule has 4 heteroatoms. The molecule has 1 N–H and O–H groups in total. The third kappa shape index (κ3) is 3.82. The molecule has 1 aliphatic carbocycles. The molecule has 0 amide bonds. The first-order chi connectivity index (χ1) is 8.24. The summed E-state index contributed by atoms with van der Waals surface area (Å²) in [6, 6.07) is 0.469. The van der Waals surface area contributed by atoms with Crippen molar-refractivity contribution in [1.82, 2.24) is 5.32 Å². The number of nitrogens with one attached hydrogen (secondary N) is 1. The topological polar surface area (TPSA) is 24.4 Å². The quantitative estimate of drug-likeness (QED) is 0.847. The summed E-state index contributed by atoms with van der Waals surface area (Å²) in [6.07, 6.45) is 10.3. The van der Waals surface area contributed by atoms with Crippen LogP contribution in [0, 0.1) is 0 Å². The summed E-state index contributed by atoms with van der Waals surface area (Å²) < 4.78 is 0. The highest BCUT2D eigenvalue weighted by atomic mass is 32.2. The van der Waals surface area contributed by atoms with Crippen molar-refractivity contribution in [2.24, 2.45) is 4.99 Å². The van der Waals surface area contributed by atoms with Crippen LogP contribution in [0.4, 0.5) is 0 Å². The molecule has 1 unspecified atom stereocenters. The average Bonchev–Trinajstić information content (AvgIpc) is 2.70. The van der Waals surface area contributed by atoms with Crippen LogP contribution in [-0.4, -0.2) is 34.5 Å². The smallest absolute Gasteiger partial charge is 0.157 e. The summed E-state index contributed by atoms with van der Waals surface area (Å²) in [6.45, 7) is 2.23. The monoisotopic (exact) mass is 272 g/mol. The van der Waals surface area contributed by atoms with E-state index in [0.29, 0.717) is 11.6 Å². The van der Waals surface area contributed by atoms with Gasteiger partial charge in [0.25, 0.3) is 0 Å². The zero-order chi connectivity index (χ0) is 12.1. The zero-order valence-electron chi connectivity index (χ0n) is 11.0. The molecule has 1 aliphatic heterocycles. The fraction of sp³-hybridized carbons (Fsp3) is 0.923. The van der Waals surface area contributed by atoms with Gasteiger partial charge >= 0.3 is 0 Å². The molecule has 1 saturated carbocycles. The van der Waals surface area contributed by atoms with Gasteiger partial charge in [0.15, 0.2) is 5.17 Å². The van der Waals surface area contributed by atoms with Crippen LogP contribution in [0.1, 0.15) is 45.4 Å². The van der Waals surface area contributed by atoms with E-state index in [2.05, 4.69) is 18.5 Å². The van der Waals surface area contributed by atoms with E-state index >= 15 is 0 Å². The summed E-state index contributed by atoms with van der Waals surface area (Å²) >= 11 is 3.85. The maximum absolute atomic E-state index is 4.82. The van der Waals surface area contributed by atoms with Gasteiger partial charge in [0.2, 0.25) is 0 Å². The van der Waals surface area contributed by atoms with Crippen LogP contribution in [0.5, 0.6) is 0 Å². The SMILES string of the molecule is CSCCC(C)N=C1NC2(CCCCC2)CS1. The zero-order valence-corrected chi connectivity index (χ0v) is 12.6. The molecule has 1 heterocycles. The minimum absolute atomic E-state index is 0.404. The molecule has 2 aliphatic rings.